The number of aryl methyl sites for hydroxylation is 1. The molecule has 0 bridgehead atoms. The van der Waals surface area contributed by atoms with Crippen molar-refractivity contribution in [1.29, 1.82) is 0 Å². The molecule has 3 nitrogen and oxygen atoms in total. The molecule has 0 aliphatic carbocycles. The molecule has 1 aromatic heterocycles. The Hall–Kier alpha value is -1.77. The van der Waals surface area contributed by atoms with Gasteiger partial charge in [0.2, 0.25) is 0 Å². The summed E-state index contributed by atoms with van der Waals surface area (Å²) in [5.41, 5.74) is 1.27. The van der Waals surface area contributed by atoms with Gasteiger partial charge in [0.15, 0.2) is 0 Å². The number of aromatic nitrogens is 2. The zero-order valence-electron chi connectivity index (χ0n) is 9.01. The van der Waals surface area contributed by atoms with Crippen molar-refractivity contribution < 1.29 is 0 Å². The molecular formula is C12H15N3. The summed E-state index contributed by atoms with van der Waals surface area (Å²) in [6, 6.07) is 12.6. The molecule has 78 valence electrons. The van der Waals surface area contributed by atoms with Gasteiger partial charge in [0.25, 0.3) is 0 Å². The van der Waals surface area contributed by atoms with Gasteiger partial charge in [0, 0.05) is 25.4 Å². The second-order valence-corrected chi connectivity index (χ2v) is 3.65. The van der Waals surface area contributed by atoms with Crippen molar-refractivity contribution in [2.45, 2.75) is 13.0 Å². The third kappa shape index (κ3) is 2.37. The zero-order chi connectivity index (χ0) is 10.7. The van der Waals surface area contributed by atoms with Crippen molar-refractivity contribution in [1.82, 2.24) is 9.78 Å². The maximum atomic E-state index is 4.28. The molecule has 1 N–H and O–H groups in total. The largest absolute Gasteiger partial charge is 0.362 e. The molecule has 0 fully saturated rings. The van der Waals surface area contributed by atoms with Gasteiger partial charge in [-0.25, -0.2) is 0 Å². The van der Waals surface area contributed by atoms with Gasteiger partial charge >= 0.3 is 0 Å². The summed E-state index contributed by atoms with van der Waals surface area (Å²) < 4.78 is 1.79. The average molecular weight is 201 g/mol. The lowest BCUT2D eigenvalue weighted by Crippen LogP contribution is -2.07. The Balaban J connectivity index is 2.07. The molecule has 0 aliphatic rings. The van der Waals surface area contributed by atoms with E-state index in [2.05, 4.69) is 29.5 Å². The van der Waals surface area contributed by atoms with Crippen LogP contribution in [0.4, 0.5) is 5.82 Å². The summed E-state index contributed by atoms with van der Waals surface area (Å²) in [5, 5.41) is 7.63. The summed E-state index contributed by atoms with van der Waals surface area (Å²) in [6.07, 6.45) is 1.93. The molecule has 0 unspecified atom stereocenters. The molecule has 1 atom stereocenters. The van der Waals surface area contributed by atoms with Gasteiger partial charge in [0.05, 0.1) is 0 Å². The minimum Gasteiger partial charge on any atom is -0.362 e. The van der Waals surface area contributed by atoms with Crippen molar-refractivity contribution in [3.63, 3.8) is 0 Å². The molecular weight excluding hydrogens is 186 g/mol. The lowest BCUT2D eigenvalue weighted by atomic mass is 10.1. The van der Waals surface area contributed by atoms with Crippen LogP contribution < -0.4 is 5.32 Å². The first-order valence-electron chi connectivity index (χ1n) is 5.07. The molecule has 2 aromatic rings. The molecule has 0 amide bonds. The van der Waals surface area contributed by atoms with Crippen LogP contribution in [-0.2, 0) is 7.05 Å². The molecule has 1 heterocycles. The van der Waals surface area contributed by atoms with Crippen LogP contribution in [0.2, 0.25) is 0 Å². The average Bonchev–Trinajstić information content (AvgIpc) is 2.65. The second-order valence-electron chi connectivity index (χ2n) is 3.65. The van der Waals surface area contributed by atoms with E-state index in [4.69, 9.17) is 0 Å². The van der Waals surface area contributed by atoms with Gasteiger partial charge in [-0.15, -0.1) is 0 Å². The number of nitrogens with zero attached hydrogens (tertiary/aromatic N) is 2. The Morgan fingerprint density at radius 2 is 1.93 bits per heavy atom. The van der Waals surface area contributed by atoms with E-state index < -0.39 is 0 Å². The zero-order valence-corrected chi connectivity index (χ0v) is 9.01. The van der Waals surface area contributed by atoms with Gasteiger partial charge in [0.1, 0.15) is 5.82 Å². The van der Waals surface area contributed by atoms with Crippen molar-refractivity contribution in [2.75, 3.05) is 5.32 Å². The van der Waals surface area contributed by atoms with E-state index in [1.54, 1.807) is 4.68 Å². The normalized spacial score (nSPS) is 12.4. The fourth-order valence-corrected chi connectivity index (χ4v) is 1.54. The number of benzene rings is 1. The van der Waals surface area contributed by atoms with Crippen molar-refractivity contribution in [3.05, 3.63) is 48.2 Å². The third-order valence-corrected chi connectivity index (χ3v) is 2.38. The Morgan fingerprint density at radius 3 is 2.53 bits per heavy atom. The van der Waals surface area contributed by atoms with Crippen LogP contribution in [-0.4, -0.2) is 9.78 Å². The highest BCUT2D eigenvalue weighted by molar-refractivity contribution is 5.36. The molecule has 0 radical (unpaired) electrons. The quantitative estimate of drug-likeness (QED) is 0.827. The molecule has 1 aromatic carbocycles. The second kappa shape index (κ2) is 4.17. The molecule has 3 heteroatoms. The van der Waals surface area contributed by atoms with Crippen molar-refractivity contribution >= 4 is 5.82 Å². The minimum atomic E-state index is 0.279. The predicted octanol–water partition coefficient (Wildman–Crippen LogP) is 2.59. The first-order chi connectivity index (χ1) is 7.25. The van der Waals surface area contributed by atoms with E-state index in [-0.39, 0.29) is 6.04 Å². The number of rotatable bonds is 3. The fourth-order valence-electron chi connectivity index (χ4n) is 1.54. The van der Waals surface area contributed by atoms with Crippen LogP contribution in [0.1, 0.15) is 18.5 Å². The number of anilines is 1. The van der Waals surface area contributed by atoms with Crippen LogP contribution >= 0.6 is 0 Å². The summed E-state index contributed by atoms with van der Waals surface area (Å²) in [5.74, 6) is 0.911. The van der Waals surface area contributed by atoms with Gasteiger partial charge in [-0.3, -0.25) is 4.68 Å². The molecule has 0 spiro atoms. The molecule has 15 heavy (non-hydrogen) atoms. The fraction of sp³-hybridized carbons (Fsp3) is 0.250. The van der Waals surface area contributed by atoms with Crippen LogP contribution in [0.15, 0.2) is 42.6 Å². The highest BCUT2D eigenvalue weighted by Gasteiger charge is 2.05. The molecule has 0 aliphatic heterocycles. The van der Waals surface area contributed by atoms with E-state index >= 15 is 0 Å². The van der Waals surface area contributed by atoms with Gasteiger partial charge in [-0.05, 0) is 12.5 Å². The van der Waals surface area contributed by atoms with E-state index in [9.17, 15) is 0 Å². The van der Waals surface area contributed by atoms with Crippen molar-refractivity contribution in [2.24, 2.45) is 7.05 Å². The van der Waals surface area contributed by atoms with Gasteiger partial charge in [-0.2, -0.15) is 5.10 Å². The van der Waals surface area contributed by atoms with Gasteiger partial charge in [-0.1, -0.05) is 30.3 Å². The number of hydrogen-bond acceptors (Lipinski definition) is 2. The lowest BCUT2D eigenvalue weighted by molar-refractivity contribution is 0.760. The number of hydrogen-bond donors (Lipinski definition) is 1. The smallest absolute Gasteiger partial charge is 0.148 e. The molecule has 0 saturated carbocycles. The Labute approximate surface area is 89.7 Å². The van der Waals surface area contributed by atoms with E-state index in [1.807, 2.05) is 37.5 Å². The van der Waals surface area contributed by atoms with Gasteiger partial charge < -0.3 is 5.32 Å². The Bertz CT molecular complexity index is 419. The summed E-state index contributed by atoms with van der Waals surface area (Å²) in [6.45, 7) is 2.13. The lowest BCUT2D eigenvalue weighted by Gasteiger charge is -2.12. The number of nitrogens with one attached hydrogen (secondary N) is 1. The Morgan fingerprint density at radius 1 is 1.20 bits per heavy atom. The molecule has 0 saturated heterocycles. The minimum absolute atomic E-state index is 0.279. The topological polar surface area (TPSA) is 29.9 Å². The Kier molecular flexibility index (Phi) is 2.72. The summed E-state index contributed by atoms with van der Waals surface area (Å²) in [7, 11) is 1.92. The third-order valence-electron chi connectivity index (χ3n) is 2.38. The maximum Gasteiger partial charge on any atom is 0.148 e. The standard InChI is InChI=1S/C12H15N3/c1-10(11-6-4-3-5-7-11)13-12-8-9-15(2)14-12/h3-10H,1-2H3,(H,13,14)/t10-/m1/s1. The van der Waals surface area contributed by atoms with E-state index in [0.29, 0.717) is 0 Å². The summed E-state index contributed by atoms with van der Waals surface area (Å²) in [4.78, 5) is 0. The van der Waals surface area contributed by atoms with Crippen LogP contribution in [0, 0.1) is 0 Å². The SMILES string of the molecule is C[C@@H](Nc1ccn(C)n1)c1ccccc1. The highest BCUT2D eigenvalue weighted by Crippen LogP contribution is 2.16. The summed E-state index contributed by atoms with van der Waals surface area (Å²) >= 11 is 0. The van der Waals surface area contributed by atoms with Crippen LogP contribution in [0.3, 0.4) is 0 Å². The van der Waals surface area contributed by atoms with Crippen molar-refractivity contribution in [3.8, 4) is 0 Å². The monoisotopic (exact) mass is 201 g/mol. The van der Waals surface area contributed by atoms with Crippen LogP contribution in [0.5, 0.6) is 0 Å². The van der Waals surface area contributed by atoms with E-state index in [1.165, 1.54) is 5.56 Å². The predicted molar refractivity (Wildman–Crippen MR) is 61.7 cm³/mol. The first kappa shape index (κ1) is 9.77. The first-order valence-corrected chi connectivity index (χ1v) is 5.07. The molecule has 2 rings (SSSR count). The van der Waals surface area contributed by atoms with E-state index in [0.717, 1.165) is 5.82 Å². The highest BCUT2D eigenvalue weighted by atomic mass is 15.3. The maximum absolute atomic E-state index is 4.28. The van der Waals surface area contributed by atoms with Crippen LogP contribution in [0.25, 0.3) is 0 Å².